The molecule has 0 spiro atoms. The van der Waals surface area contributed by atoms with E-state index in [1.807, 2.05) is 0 Å². The summed E-state index contributed by atoms with van der Waals surface area (Å²) in [6, 6.07) is 0.900. The summed E-state index contributed by atoms with van der Waals surface area (Å²) in [5, 5.41) is 0. The molecule has 0 bridgehead atoms. The van der Waals surface area contributed by atoms with Crippen LogP contribution in [-0.2, 0) is 0 Å². The zero-order valence-corrected chi connectivity index (χ0v) is 10.8. The summed E-state index contributed by atoms with van der Waals surface area (Å²) in [6.07, 6.45) is 8.65. The van der Waals surface area contributed by atoms with Gasteiger partial charge in [0.15, 0.2) is 0 Å². The van der Waals surface area contributed by atoms with Crippen LogP contribution in [0.4, 0.5) is 0 Å². The van der Waals surface area contributed by atoms with E-state index in [2.05, 4.69) is 25.7 Å². The van der Waals surface area contributed by atoms with Crippen LogP contribution in [0.15, 0.2) is 0 Å². The Morgan fingerprint density at radius 3 is 2.27 bits per heavy atom. The molecule has 1 saturated carbocycles. The van der Waals surface area contributed by atoms with Crippen LogP contribution in [-0.4, -0.2) is 24.0 Å². The van der Waals surface area contributed by atoms with Crippen LogP contribution >= 0.6 is 0 Å². The van der Waals surface area contributed by atoms with Crippen LogP contribution in [0.5, 0.6) is 0 Å². The van der Waals surface area contributed by atoms with Crippen molar-refractivity contribution in [2.45, 2.75) is 65.3 Å². The van der Waals surface area contributed by atoms with E-state index in [0.29, 0.717) is 5.41 Å². The molecule has 2 unspecified atom stereocenters. The monoisotopic (exact) mass is 209 g/mol. The van der Waals surface area contributed by atoms with Crippen molar-refractivity contribution in [2.24, 2.45) is 11.3 Å². The highest BCUT2D eigenvalue weighted by molar-refractivity contribution is 4.89. The van der Waals surface area contributed by atoms with Crippen molar-refractivity contribution in [1.82, 2.24) is 4.90 Å². The maximum Gasteiger partial charge on any atom is 0.0100 e. The number of hydrogen-bond donors (Lipinski definition) is 0. The Hall–Kier alpha value is -0.0400. The second-order valence-corrected chi connectivity index (χ2v) is 6.42. The number of piperidine rings is 1. The largest absolute Gasteiger partial charge is 0.300 e. The zero-order valence-electron chi connectivity index (χ0n) is 10.8. The van der Waals surface area contributed by atoms with Gasteiger partial charge in [0.1, 0.15) is 0 Å². The van der Waals surface area contributed by atoms with Crippen molar-refractivity contribution in [2.75, 3.05) is 13.1 Å². The van der Waals surface area contributed by atoms with Crippen LogP contribution in [0.1, 0.15) is 59.3 Å². The molecular formula is C14H27N. The van der Waals surface area contributed by atoms with Gasteiger partial charge in [-0.3, -0.25) is 0 Å². The molecule has 2 aliphatic rings. The molecule has 1 saturated heterocycles. The molecule has 1 heteroatoms. The lowest BCUT2D eigenvalue weighted by Gasteiger charge is -2.46. The fourth-order valence-corrected chi connectivity index (χ4v) is 3.34. The number of hydrogen-bond acceptors (Lipinski definition) is 1. The van der Waals surface area contributed by atoms with Gasteiger partial charge in [-0.25, -0.2) is 0 Å². The molecule has 0 N–H and O–H groups in total. The Kier molecular flexibility index (Phi) is 3.39. The summed E-state index contributed by atoms with van der Waals surface area (Å²) in [7, 11) is 0. The molecule has 1 heterocycles. The minimum atomic E-state index is 0.570. The minimum absolute atomic E-state index is 0.570. The van der Waals surface area contributed by atoms with Crippen LogP contribution < -0.4 is 0 Å². The number of likely N-dealkylation sites (tertiary alicyclic amines) is 1. The summed E-state index contributed by atoms with van der Waals surface area (Å²) >= 11 is 0. The smallest absolute Gasteiger partial charge is 0.0100 e. The first-order valence-corrected chi connectivity index (χ1v) is 6.83. The highest BCUT2D eigenvalue weighted by atomic mass is 15.2. The van der Waals surface area contributed by atoms with Gasteiger partial charge in [-0.15, -0.1) is 0 Å². The molecule has 2 atom stereocenters. The summed E-state index contributed by atoms with van der Waals surface area (Å²) in [6.45, 7) is 10.1. The highest BCUT2D eigenvalue weighted by Crippen LogP contribution is 2.42. The SMILES string of the molecule is CC1CCC(N2CCCCC2)CC1(C)C. The van der Waals surface area contributed by atoms with Gasteiger partial charge in [0, 0.05) is 6.04 Å². The molecule has 15 heavy (non-hydrogen) atoms. The predicted molar refractivity (Wildman–Crippen MR) is 66.0 cm³/mol. The third-order valence-corrected chi connectivity index (χ3v) is 4.94. The first-order chi connectivity index (χ1) is 7.09. The third kappa shape index (κ3) is 2.55. The standard InChI is InChI=1S/C14H27N/c1-12-7-8-13(11-14(12,2)3)15-9-5-4-6-10-15/h12-13H,4-11H2,1-3H3. The van der Waals surface area contributed by atoms with Crippen molar-refractivity contribution in [3.05, 3.63) is 0 Å². The molecule has 0 aromatic rings. The van der Waals surface area contributed by atoms with Crippen molar-refractivity contribution in [3.63, 3.8) is 0 Å². The highest BCUT2D eigenvalue weighted by Gasteiger charge is 2.36. The average Bonchev–Trinajstić information content (AvgIpc) is 2.23. The van der Waals surface area contributed by atoms with Gasteiger partial charge in [0.05, 0.1) is 0 Å². The van der Waals surface area contributed by atoms with Crippen LogP contribution in [0.2, 0.25) is 0 Å². The second-order valence-electron chi connectivity index (χ2n) is 6.42. The van der Waals surface area contributed by atoms with Gasteiger partial charge < -0.3 is 4.90 Å². The number of nitrogens with zero attached hydrogens (tertiary/aromatic N) is 1. The molecule has 0 aromatic carbocycles. The zero-order chi connectivity index (χ0) is 10.9. The summed E-state index contributed by atoms with van der Waals surface area (Å²) in [4.78, 5) is 2.77. The van der Waals surface area contributed by atoms with Gasteiger partial charge in [-0.05, 0) is 56.5 Å². The van der Waals surface area contributed by atoms with Gasteiger partial charge in [-0.2, -0.15) is 0 Å². The normalized spacial score (nSPS) is 37.8. The lowest BCUT2D eigenvalue weighted by atomic mass is 9.67. The predicted octanol–water partition coefficient (Wildman–Crippen LogP) is 3.69. The average molecular weight is 209 g/mol. The van der Waals surface area contributed by atoms with Crippen molar-refractivity contribution in [1.29, 1.82) is 0 Å². The van der Waals surface area contributed by atoms with Crippen molar-refractivity contribution < 1.29 is 0 Å². The molecule has 88 valence electrons. The summed E-state index contributed by atoms with van der Waals surface area (Å²) < 4.78 is 0. The fourth-order valence-electron chi connectivity index (χ4n) is 3.34. The van der Waals surface area contributed by atoms with Gasteiger partial charge in [0.2, 0.25) is 0 Å². The molecule has 0 radical (unpaired) electrons. The van der Waals surface area contributed by atoms with E-state index in [0.717, 1.165) is 12.0 Å². The molecule has 0 aromatic heterocycles. The van der Waals surface area contributed by atoms with E-state index < -0.39 is 0 Å². The van der Waals surface area contributed by atoms with E-state index in [9.17, 15) is 0 Å². The Morgan fingerprint density at radius 1 is 1.00 bits per heavy atom. The molecule has 1 aliphatic heterocycles. The Balaban J connectivity index is 1.93. The lowest BCUT2D eigenvalue weighted by Crippen LogP contribution is -2.45. The Morgan fingerprint density at radius 2 is 1.67 bits per heavy atom. The maximum absolute atomic E-state index is 2.77. The van der Waals surface area contributed by atoms with Crippen molar-refractivity contribution in [3.8, 4) is 0 Å². The fraction of sp³-hybridized carbons (Fsp3) is 1.00. The van der Waals surface area contributed by atoms with E-state index in [1.54, 1.807) is 0 Å². The maximum atomic E-state index is 2.77. The molecule has 2 fully saturated rings. The molecule has 0 amide bonds. The first-order valence-electron chi connectivity index (χ1n) is 6.83. The van der Waals surface area contributed by atoms with Gasteiger partial charge in [-0.1, -0.05) is 27.2 Å². The number of rotatable bonds is 1. The second kappa shape index (κ2) is 4.45. The lowest BCUT2D eigenvalue weighted by molar-refractivity contribution is 0.0454. The topological polar surface area (TPSA) is 3.24 Å². The molecule has 1 nitrogen and oxygen atoms in total. The quantitative estimate of drug-likeness (QED) is 0.636. The Labute approximate surface area is 95.2 Å². The van der Waals surface area contributed by atoms with Crippen LogP contribution in [0.3, 0.4) is 0 Å². The summed E-state index contributed by atoms with van der Waals surface area (Å²) in [5.74, 6) is 0.915. The van der Waals surface area contributed by atoms with Crippen LogP contribution in [0, 0.1) is 11.3 Å². The van der Waals surface area contributed by atoms with Crippen LogP contribution in [0.25, 0.3) is 0 Å². The first kappa shape index (κ1) is 11.4. The van der Waals surface area contributed by atoms with Gasteiger partial charge >= 0.3 is 0 Å². The molecular weight excluding hydrogens is 182 g/mol. The van der Waals surface area contributed by atoms with E-state index >= 15 is 0 Å². The molecule has 1 aliphatic carbocycles. The Bertz CT molecular complexity index is 203. The van der Waals surface area contributed by atoms with Crippen molar-refractivity contribution >= 4 is 0 Å². The van der Waals surface area contributed by atoms with E-state index in [-0.39, 0.29) is 0 Å². The minimum Gasteiger partial charge on any atom is -0.300 e. The van der Waals surface area contributed by atoms with Gasteiger partial charge in [0.25, 0.3) is 0 Å². The summed E-state index contributed by atoms with van der Waals surface area (Å²) in [5.41, 5.74) is 0.570. The van der Waals surface area contributed by atoms with E-state index in [4.69, 9.17) is 0 Å². The molecule has 2 rings (SSSR count). The third-order valence-electron chi connectivity index (χ3n) is 4.94. The van der Waals surface area contributed by atoms with E-state index in [1.165, 1.54) is 51.6 Å².